The molecule has 0 aliphatic carbocycles. The molecule has 1 heterocycles. The predicted molar refractivity (Wildman–Crippen MR) is 102 cm³/mol. The summed E-state index contributed by atoms with van der Waals surface area (Å²) in [5, 5.41) is 26.3. The zero-order valence-corrected chi connectivity index (χ0v) is 15.0. The Kier molecular flexibility index (Phi) is 5.70. The maximum atomic E-state index is 13.0. The van der Waals surface area contributed by atoms with Crippen molar-refractivity contribution in [1.29, 1.82) is 0 Å². The fraction of sp³-hybridized carbons (Fsp3) is 0.0556. The second-order valence-corrected chi connectivity index (χ2v) is 6.48. The zero-order chi connectivity index (χ0) is 20.1. The van der Waals surface area contributed by atoms with Crippen LogP contribution in [0.3, 0.4) is 0 Å². The largest absolute Gasteiger partial charge is 0.502 e. The minimum atomic E-state index is -0.716. The second kappa shape index (κ2) is 8.35. The molecule has 3 rings (SSSR count). The molecule has 1 amide bonds. The molecule has 0 bridgehead atoms. The number of carbonyl (C=O) groups excluding carboxylic acids is 1. The van der Waals surface area contributed by atoms with Crippen LogP contribution in [-0.4, -0.2) is 27.1 Å². The Hall–Kier alpha value is -3.66. The first-order valence-electron chi connectivity index (χ1n) is 7.92. The van der Waals surface area contributed by atoms with Crippen LogP contribution in [0, 0.1) is 15.9 Å². The van der Waals surface area contributed by atoms with Crippen LogP contribution >= 0.6 is 11.3 Å². The van der Waals surface area contributed by atoms with Crippen LogP contribution in [0.25, 0.3) is 10.6 Å². The van der Waals surface area contributed by atoms with E-state index in [2.05, 4.69) is 15.5 Å². The van der Waals surface area contributed by atoms with Gasteiger partial charge in [-0.1, -0.05) is 0 Å². The van der Waals surface area contributed by atoms with E-state index in [0.717, 1.165) is 11.6 Å². The quantitative estimate of drug-likeness (QED) is 0.374. The lowest BCUT2D eigenvalue weighted by Gasteiger charge is -1.99. The number of benzene rings is 2. The SMILES string of the molecule is O=C(Cc1csc(-c2ccc(F)cc2)n1)N/N=C\c1ccc(O)c([N+](=O)[O-])c1. The topological polar surface area (TPSA) is 118 Å². The predicted octanol–water partition coefficient (Wildman–Crippen LogP) is 3.26. The first-order valence-corrected chi connectivity index (χ1v) is 8.80. The molecule has 0 spiro atoms. The number of amides is 1. The molecule has 0 aliphatic rings. The van der Waals surface area contributed by atoms with E-state index >= 15 is 0 Å². The van der Waals surface area contributed by atoms with Gasteiger partial charge in [-0.05, 0) is 36.4 Å². The Labute approximate surface area is 162 Å². The van der Waals surface area contributed by atoms with Gasteiger partial charge in [0.2, 0.25) is 5.91 Å². The highest BCUT2D eigenvalue weighted by Crippen LogP contribution is 2.26. The minimum absolute atomic E-state index is 0.00917. The summed E-state index contributed by atoms with van der Waals surface area (Å²) in [5.41, 5.74) is 3.50. The first-order chi connectivity index (χ1) is 13.4. The number of hydrazone groups is 1. The molecule has 0 atom stereocenters. The fourth-order valence-electron chi connectivity index (χ4n) is 2.26. The lowest BCUT2D eigenvalue weighted by Crippen LogP contribution is -2.19. The van der Waals surface area contributed by atoms with E-state index < -0.39 is 22.3 Å². The van der Waals surface area contributed by atoms with Crippen molar-refractivity contribution >= 4 is 29.1 Å². The van der Waals surface area contributed by atoms with Crippen molar-refractivity contribution in [3.8, 4) is 16.3 Å². The standard InChI is InChI=1S/C18H13FN4O4S/c19-13-4-2-12(3-5-13)18-21-14(10-28-18)8-17(25)22-20-9-11-1-6-16(24)15(7-11)23(26)27/h1-7,9-10,24H,8H2,(H,22,25)/b20-9-. The van der Waals surface area contributed by atoms with E-state index in [4.69, 9.17) is 0 Å². The number of aromatic hydroxyl groups is 1. The number of hydrogen-bond acceptors (Lipinski definition) is 7. The van der Waals surface area contributed by atoms with Gasteiger partial charge < -0.3 is 5.11 Å². The summed E-state index contributed by atoms with van der Waals surface area (Å²) in [6.07, 6.45) is 1.22. The van der Waals surface area contributed by atoms with Crippen LogP contribution in [0.5, 0.6) is 5.75 Å². The summed E-state index contributed by atoms with van der Waals surface area (Å²) in [6, 6.07) is 9.64. The number of hydrogen-bond donors (Lipinski definition) is 2. The van der Waals surface area contributed by atoms with Gasteiger partial charge in [-0.3, -0.25) is 14.9 Å². The number of aromatic nitrogens is 1. The maximum absolute atomic E-state index is 13.0. The van der Waals surface area contributed by atoms with E-state index in [1.807, 2.05) is 0 Å². The smallest absolute Gasteiger partial charge is 0.311 e. The Morgan fingerprint density at radius 1 is 1.32 bits per heavy atom. The van der Waals surface area contributed by atoms with Gasteiger partial charge in [0.05, 0.1) is 23.3 Å². The molecule has 0 fully saturated rings. The number of nitro benzene ring substituents is 1. The molecule has 0 saturated heterocycles. The highest BCUT2D eigenvalue weighted by Gasteiger charge is 2.13. The van der Waals surface area contributed by atoms with Gasteiger partial charge in [0.25, 0.3) is 0 Å². The number of phenolic OH excluding ortho intramolecular Hbond substituents is 1. The molecule has 8 nitrogen and oxygen atoms in total. The monoisotopic (exact) mass is 400 g/mol. The van der Waals surface area contributed by atoms with Crippen LogP contribution in [0.1, 0.15) is 11.3 Å². The number of thiazole rings is 1. The Morgan fingerprint density at radius 2 is 2.07 bits per heavy atom. The molecule has 10 heteroatoms. The second-order valence-electron chi connectivity index (χ2n) is 5.63. The summed E-state index contributed by atoms with van der Waals surface area (Å²) >= 11 is 1.34. The van der Waals surface area contributed by atoms with E-state index in [0.29, 0.717) is 16.3 Å². The van der Waals surface area contributed by atoms with Crippen LogP contribution in [0.2, 0.25) is 0 Å². The maximum Gasteiger partial charge on any atom is 0.311 e. The van der Waals surface area contributed by atoms with Gasteiger partial charge >= 0.3 is 5.69 Å². The van der Waals surface area contributed by atoms with Crippen molar-refractivity contribution in [2.24, 2.45) is 5.10 Å². The molecular formula is C18H13FN4O4S. The molecule has 2 aromatic carbocycles. The molecule has 2 N–H and O–H groups in total. The third-order valence-electron chi connectivity index (χ3n) is 3.58. The van der Waals surface area contributed by atoms with E-state index in [-0.39, 0.29) is 12.2 Å². The Balaban J connectivity index is 1.59. The van der Waals surface area contributed by atoms with Crippen LogP contribution in [-0.2, 0) is 11.2 Å². The van der Waals surface area contributed by atoms with Crippen molar-refractivity contribution in [3.05, 3.63) is 75.0 Å². The number of nitro groups is 1. The fourth-order valence-corrected chi connectivity index (χ4v) is 3.09. The Bertz CT molecular complexity index is 1050. The molecule has 3 aromatic rings. The number of nitrogens with zero attached hydrogens (tertiary/aromatic N) is 3. The number of phenols is 1. The van der Waals surface area contributed by atoms with Crippen molar-refractivity contribution in [2.45, 2.75) is 6.42 Å². The zero-order valence-electron chi connectivity index (χ0n) is 14.2. The molecule has 28 heavy (non-hydrogen) atoms. The summed E-state index contributed by atoms with van der Waals surface area (Å²) in [4.78, 5) is 26.4. The average molecular weight is 400 g/mol. The number of carbonyl (C=O) groups is 1. The first kappa shape index (κ1) is 19.1. The van der Waals surface area contributed by atoms with E-state index in [1.54, 1.807) is 17.5 Å². The van der Waals surface area contributed by atoms with Crippen molar-refractivity contribution in [3.63, 3.8) is 0 Å². The third-order valence-corrected chi connectivity index (χ3v) is 4.52. The van der Waals surface area contributed by atoms with Crippen molar-refractivity contribution in [1.82, 2.24) is 10.4 Å². The van der Waals surface area contributed by atoms with Gasteiger partial charge in [0.15, 0.2) is 5.75 Å². The molecule has 0 unspecified atom stereocenters. The van der Waals surface area contributed by atoms with Crippen LogP contribution in [0.15, 0.2) is 52.9 Å². The van der Waals surface area contributed by atoms with Gasteiger partial charge in [0.1, 0.15) is 10.8 Å². The molecular weight excluding hydrogens is 387 g/mol. The Morgan fingerprint density at radius 3 is 2.79 bits per heavy atom. The number of nitrogens with one attached hydrogen (secondary N) is 1. The normalized spacial score (nSPS) is 10.9. The molecule has 0 radical (unpaired) electrons. The van der Waals surface area contributed by atoms with Crippen molar-refractivity contribution < 1.29 is 19.2 Å². The lowest BCUT2D eigenvalue weighted by atomic mass is 10.2. The van der Waals surface area contributed by atoms with Crippen molar-refractivity contribution in [2.75, 3.05) is 0 Å². The third kappa shape index (κ3) is 4.74. The van der Waals surface area contributed by atoms with Gasteiger partial charge in [-0.2, -0.15) is 5.10 Å². The highest BCUT2D eigenvalue weighted by atomic mass is 32.1. The summed E-state index contributed by atoms with van der Waals surface area (Å²) in [5.74, 6) is -1.20. The molecule has 0 saturated carbocycles. The molecule has 0 aliphatic heterocycles. The summed E-state index contributed by atoms with van der Waals surface area (Å²) < 4.78 is 13.0. The minimum Gasteiger partial charge on any atom is -0.502 e. The molecule has 142 valence electrons. The summed E-state index contributed by atoms with van der Waals surface area (Å²) in [6.45, 7) is 0. The number of rotatable bonds is 6. The van der Waals surface area contributed by atoms with Gasteiger partial charge in [0, 0.05) is 22.6 Å². The van der Waals surface area contributed by atoms with E-state index in [9.17, 15) is 24.4 Å². The lowest BCUT2D eigenvalue weighted by molar-refractivity contribution is -0.385. The number of halogens is 1. The highest BCUT2D eigenvalue weighted by molar-refractivity contribution is 7.13. The molecule has 1 aromatic heterocycles. The average Bonchev–Trinajstić information content (AvgIpc) is 3.11. The van der Waals surface area contributed by atoms with Crippen LogP contribution < -0.4 is 5.43 Å². The van der Waals surface area contributed by atoms with Crippen LogP contribution in [0.4, 0.5) is 10.1 Å². The summed E-state index contributed by atoms with van der Waals surface area (Å²) in [7, 11) is 0. The van der Waals surface area contributed by atoms with Gasteiger partial charge in [-0.15, -0.1) is 11.3 Å². The van der Waals surface area contributed by atoms with E-state index in [1.165, 1.54) is 41.8 Å². The van der Waals surface area contributed by atoms with Gasteiger partial charge in [-0.25, -0.2) is 14.8 Å².